The van der Waals surface area contributed by atoms with E-state index in [-0.39, 0.29) is 11.6 Å². The number of carbonyl (C=O) groups excluding carboxylic acids is 2. The second-order valence-corrected chi connectivity index (χ2v) is 3.65. The maximum absolute atomic E-state index is 11.8. The predicted octanol–water partition coefficient (Wildman–Crippen LogP) is 0.464. The highest BCUT2D eigenvalue weighted by Crippen LogP contribution is 2.11. The van der Waals surface area contributed by atoms with Crippen LogP contribution in [0.25, 0.3) is 0 Å². The second kappa shape index (κ2) is 4.66. The van der Waals surface area contributed by atoms with E-state index in [9.17, 15) is 9.59 Å². The summed E-state index contributed by atoms with van der Waals surface area (Å²) in [5.41, 5.74) is 6.79. The fraction of sp³-hybridized carbons (Fsp3) is 0.0909. The fourth-order valence-electron chi connectivity index (χ4n) is 1.41. The number of carbonyl (C=O) groups is 2. The maximum Gasteiger partial charge on any atom is 0.278 e. The molecule has 0 bridgehead atoms. The molecule has 0 saturated carbocycles. The highest BCUT2D eigenvalue weighted by Gasteiger charge is 2.13. The molecule has 1 heterocycles. The lowest BCUT2D eigenvalue weighted by Gasteiger charge is -2.03. The molecule has 2 rings (SSSR count). The lowest BCUT2D eigenvalue weighted by molar-refractivity contribution is 0.0997. The summed E-state index contributed by atoms with van der Waals surface area (Å²) in [6.45, 7) is 1.68. The summed E-state index contributed by atoms with van der Waals surface area (Å²) in [4.78, 5) is 22.7. The van der Waals surface area contributed by atoms with Gasteiger partial charge in [0.05, 0.1) is 5.69 Å². The number of hydrogen-bond donors (Lipinski definition) is 3. The number of rotatable bonds is 3. The molecule has 4 N–H and O–H groups in total. The predicted molar refractivity (Wildman–Crippen MR) is 64.0 cm³/mol. The van der Waals surface area contributed by atoms with Crippen molar-refractivity contribution in [3.63, 3.8) is 0 Å². The summed E-state index contributed by atoms with van der Waals surface area (Å²) in [5.74, 6) is -0.881. The fourth-order valence-corrected chi connectivity index (χ4v) is 1.41. The molecule has 92 valence electrons. The molecule has 1 aromatic heterocycles. The number of nitrogens with two attached hydrogens (primary N) is 1. The van der Waals surface area contributed by atoms with Gasteiger partial charge in [-0.1, -0.05) is 0 Å². The lowest BCUT2D eigenvalue weighted by atomic mass is 10.2. The molecular formula is C11H11N5O2. The number of aromatic nitrogens is 3. The van der Waals surface area contributed by atoms with E-state index in [1.807, 2.05) is 0 Å². The minimum absolute atomic E-state index is 0.231. The van der Waals surface area contributed by atoms with Crippen molar-refractivity contribution >= 4 is 17.5 Å². The number of hydrogen-bond acceptors (Lipinski definition) is 4. The van der Waals surface area contributed by atoms with Gasteiger partial charge in [0.1, 0.15) is 0 Å². The van der Waals surface area contributed by atoms with Crippen molar-refractivity contribution in [1.29, 1.82) is 0 Å². The Morgan fingerprint density at radius 3 is 2.39 bits per heavy atom. The maximum atomic E-state index is 11.8. The van der Waals surface area contributed by atoms with Gasteiger partial charge >= 0.3 is 0 Å². The van der Waals surface area contributed by atoms with Crippen molar-refractivity contribution < 1.29 is 9.59 Å². The van der Waals surface area contributed by atoms with Crippen LogP contribution in [-0.4, -0.2) is 27.2 Å². The second-order valence-electron chi connectivity index (χ2n) is 3.65. The van der Waals surface area contributed by atoms with Crippen LogP contribution in [0.3, 0.4) is 0 Å². The molecule has 7 heteroatoms. The van der Waals surface area contributed by atoms with Gasteiger partial charge in [0.15, 0.2) is 5.69 Å². The average molecular weight is 245 g/mol. The zero-order valence-corrected chi connectivity index (χ0v) is 9.60. The Balaban J connectivity index is 2.13. The van der Waals surface area contributed by atoms with Crippen LogP contribution >= 0.6 is 0 Å². The van der Waals surface area contributed by atoms with Crippen molar-refractivity contribution in [2.45, 2.75) is 6.92 Å². The first kappa shape index (κ1) is 11.8. The van der Waals surface area contributed by atoms with Crippen LogP contribution < -0.4 is 11.1 Å². The van der Waals surface area contributed by atoms with Gasteiger partial charge in [-0.3, -0.25) is 9.59 Å². The lowest BCUT2D eigenvalue weighted by Crippen LogP contribution is -2.14. The number of aromatic amines is 1. The van der Waals surface area contributed by atoms with Gasteiger partial charge in [0, 0.05) is 11.3 Å². The van der Waals surface area contributed by atoms with Crippen LogP contribution in [0.15, 0.2) is 24.3 Å². The molecule has 0 aliphatic carbocycles. The zero-order valence-electron chi connectivity index (χ0n) is 9.60. The zero-order chi connectivity index (χ0) is 13.1. The van der Waals surface area contributed by atoms with E-state index in [1.165, 1.54) is 12.1 Å². The van der Waals surface area contributed by atoms with Crippen LogP contribution in [-0.2, 0) is 0 Å². The Morgan fingerprint density at radius 1 is 1.22 bits per heavy atom. The number of H-pyrrole nitrogens is 1. The van der Waals surface area contributed by atoms with Gasteiger partial charge in [0.2, 0.25) is 5.91 Å². The molecule has 0 saturated heterocycles. The van der Waals surface area contributed by atoms with Gasteiger partial charge in [-0.25, -0.2) is 0 Å². The molecule has 0 aliphatic heterocycles. The summed E-state index contributed by atoms with van der Waals surface area (Å²) < 4.78 is 0. The molecule has 2 aromatic rings. The van der Waals surface area contributed by atoms with E-state index in [0.29, 0.717) is 16.9 Å². The summed E-state index contributed by atoms with van der Waals surface area (Å²) in [5, 5.41) is 12.5. The highest BCUT2D eigenvalue weighted by molar-refractivity contribution is 6.03. The topological polar surface area (TPSA) is 114 Å². The smallest absolute Gasteiger partial charge is 0.278 e. The van der Waals surface area contributed by atoms with E-state index in [0.717, 1.165) is 0 Å². The molecule has 2 amide bonds. The number of amides is 2. The molecule has 7 nitrogen and oxygen atoms in total. The van der Waals surface area contributed by atoms with Gasteiger partial charge < -0.3 is 11.1 Å². The molecule has 18 heavy (non-hydrogen) atoms. The van der Waals surface area contributed by atoms with Gasteiger partial charge in [-0.05, 0) is 31.2 Å². The van der Waals surface area contributed by atoms with Crippen molar-refractivity contribution in [1.82, 2.24) is 15.4 Å². The first-order valence-corrected chi connectivity index (χ1v) is 5.16. The third-order valence-corrected chi connectivity index (χ3v) is 2.36. The van der Waals surface area contributed by atoms with E-state index < -0.39 is 5.91 Å². The van der Waals surface area contributed by atoms with Crippen LogP contribution in [0, 0.1) is 6.92 Å². The van der Waals surface area contributed by atoms with E-state index in [1.54, 1.807) is 19.1 Å². The van der Waals surface area contributed by atoms with Gasteiger partial charge in [0.25, 0.3) is 5.91 Å². The number of nitrogens with one attached hydrogen (secondary N) is 2. The molecular weight excluding hydrogens is 234 g/mol. The molecule has 0 spiro atoms. The average Bonchev–Trinajstić information content (AvgIpc) is 2.76. The summed E-state index contributed by atoms with van der Waals surface area (Å²) in [7, 11) is 0. The van der Waals surface area contributed by atoms with Crippen LogP contribution in [0.1, 0.15) is 26.5 Å². The summed E-state index contributed by atoms with van der Waals surface area (Å²) >= 11 is 0. The Bertz CT molecular complexity index is 588. The molecule has 0 aliphatic rings. The quantitative estimate of drug-likeness (QED) is 0.728. The minimum atomic E-state index is -0.514. The van der Waals surface area contributed by atoms with Gasteiger partial charge in [-0.2, -0.15) is 15.4 Å². The summed E-state index contributed by atoms with van der Waals surface area (Å²) in [6, 6.07) is 6.25. The van der Waals surface area contributed by atoms with Crippen molar-refractivity contribution in [2.24, 2.45) is 5.73 Å². The SMILES string of the molecule is Cc1n[nH]nc1C(=O)Nc1ccc(C(N)=O)cc1. The van der Waals surface area contributed by atoms with Crippen LogP contribution in [0.4, 0.5) is 5.69 Å². The van der Waals surface area contributed by atoms with Crippen molar-refractivity contribution in [2.75, 3.05) is 5.32 Å². The first-order chi connectivity index (χ1) is 8.58. The third kappa shape index (κ3) is 2.34. The third-order valence-electron chi connectivity index (χ3n) is 2.36. The Labute approximate surface area is 102 Å². The Kier molecular flexibility index (Phi) is 3.05. The van der Waals surface area contributed by atoms with Crippen LogP contribution in [0.2, 0.25) is 0 Å². The van der Waals surface area contributed by atoms with Gasteiger partial charge in [-0.15, -0.1) is 0 Å². The highest BCUT2D eigenvalue weighted by atomic mass is 16.2. The molecule has 0 unspecified atom stereocenters. The normalized spacial score (nSPS) is 10.1. The van der Waals surface area contributed by atoms with E-state index in [2.05, 4.69) is 20.7 Å². The summed E-state index contributed by atoms with van der Waals surface area (Å²) in [6.07, 6.45) is 0. The Morgan fingerprint density at radius 2 is 1.89 bits per heavy atom. The monoisotopic (exact) mass is 245 g/mol. The Hall–Kier alpha value is -2.70. The van der Waals surface area contributed by atoms with Crippen molar-refractivity contribution in [3.05, 3.63) is 41.2 Å². The molecule has 1 aromatic carbocycles. The van der Waals surface area contributed by atoms with E-state index in [4.69, 9.17) is 5.73 Å². The molecule has 0 fully saturated rings. The number of anilines is 1. The number of primary amides is 1. The van der Waals surface area contributed by atoms with Crippen molar-refractivity contribution in [3.8, 4) is 0 Å². The number of aryl methyl sites for hydroxylation is 1. The van der Waals surface area contributed by atoms with Crippen LogP contribution in [0.5, 0.6) is 0 Å². The first-order valence-electron chi connectivity index (χ1n) is 5.16. The van der Waals surface area contributed by atoms with E-state index >= 15 is 0 Å². The molecule has 0 atom stereocenters. The number of benzene rings is 1. The minimum Gasteiger partial charge on any atom is -0.366 e. The largest absolute Gasteiger partial charge is 0.366 e. The molecule has 0 radical (unpaired) electrons. The standard InChI is InChI=1S/C11H11N5O2/c1-6-9(15-16-14-6)11(18)13-8-4-2-7(3-5-8)10(12)17/h2-5H,1H3,(H2,12,17)(H,13,18)(H,14,15,16). The number of nitrogens with zero attached hydrogens (tertiary/aromatic N) is 2.